The first-order chi connectivity index (χ1) is 16.3. The number of rotatable bonds is 4. The van der Waals surface area contributed by atoms with E-state index in [1.165, 1.54) is 31.0 Å². The van der Waals surface area contributed by atoms with Gasteiger partial charge in [-0.15, -0.1) is 0 Å². The van der Waals surface area contributed by atoms with Crippen LogP contribution >= 0.6 is 15.9 Å². The molecule has 2 aromatic carbocycles. The molecule has 2 heterocycles. The number of halogens is 5. The van der Waals surface area contributed by atoms with E-state index in [1.54, 1.807) is 0 Å². The molecule has 0 spiro atoms. The first-order valence-electron chi connectivity index (χ1n) is 10.4. The summed E-state index contributed by atoms with van der Waals surface area (Å²) in [4.78, 5) is 1.25. The van der Waals surface area contributed by atoms with Crippen LogP contribution in [-0.2, 0) is 25.3 Å². The summed E-state index contributed by atoms with van der Waals surface area (Å²) in [7, 11) is -8.09. The van der Waals surface area contributed by atoms with E-state index in [1.807, 2.05) is 0 Å². The van der Waals surface area contributed by atoms with Gasteiger partial charge in [0.1, 0.15) is 23.3 Å². The molecule has 6 nitrogen and oxygen atoms in total. The Kier molecular flexibility index (Phi) is 5.97. The second-order valence-electron chi connectivity index (χ2n) is 9.33. The van der Waals surface area contributed by atoms with Gasteiger partial charge in [0.25, 0.3) is 0 Å². The van der Waals surface area contributed by atoms with E-state index in [0.29, 0.717) is 12.1 Å². The summed E-state index contributed by atoms with van der Waals surface area (Å²) in [5, 5.41) is 2.28. The lowest BCUT2D eigenvalue weighted by Crippen LogP contribution is -2.55. The Hall–Kier alpha value is -2.38. The van der Waals surface area contributed by atoms with Gasteiger partial charge in [0.2, 0.25) is 0 Å². The Morgan fingerprint density at radius 1 is 0.806 bits per heavy atom. The predicted molar refractivity (Wildman–Crippen MR) is 130 cm³/mol. The minimum absolute atomic E-state index is 0.0934. The maximum atomic E-state index is 14.4. The second kappa shape index (κ2) is 8.06. The topological polar surface area (TPSA) is 83.6 Å². The quantitative estimate of drug-likeness (QED) is 0.413. The number of benzene rings is 2. The summed E-state index contributed by atoms with van der Waals surface area (Å²) in [6.07, 6.45) is 4.29. The third kappa shape index (κ3) is 3.77. The molecule has 0 amide bonds. The molecule has 0 aliphatic carbocycles. The molecule has 1 unspecified atom stereocenters. The second-order valence-corrected chi connectivity index (χ2v) is 15.2. The van der Waals surface area contributed by atoms with Crippen LogP contribution in [0.4, 0.5) is 17.6 Å². The number of hydrogen-bond donors (Lipinski definition) is 1. The highest BCUT2D eigenvalue weighted by Crippen LogP contribution is 2.59. The minimum Gasteiger partial charge on any atom is -0.344 e. The largest absolute Gasteiger partial charge is 0.344 e. The third-order valence-corrected chi connectivity index (χ3v) is 12.2. The Morgan fingerprint density at radius 2 is 1.22 bits per heavy atom. The molecule has 0 radical (unpaired) electrons. The van der Waals surface area contributed by atoms with Crippen molar-refractivity contribution < 1.29 is 34.4 Å². The van der Waals surface area contributed by atoms with Crippen molar-refractivity contribution in [3.05, 3.63) is 93.8 Å². The zero-order valence-corrected chi connectivity index (χ0v) is 22.6. The molecule has 1 N–H and O–H groups in total. The van der Waals surface area contributed by atoms with E-state index in [-0.39, 0.29) is 16.8 Å². The molecule has 194 valence electrons. The summed E-state index contributed by atoms with van der Waals surface area (Å²) in [5.41, 5.74) is -4.13. The zero-order valence-electron chi connectivity index (χ0n) is 19.4. The van der Waals surface area contributed by atoms with Gasteiger partial charge in [0, 0.05) is 47.4 Å². The van der Waals surface area contributed by atoms with Crippen LogP contribution in [0.2, 0.25) is 0 Å². The molecule has 2 aliphatic heterocycles. The normalized spacial score (nSPS) is 23.0. The van der Waals surface area contributed by atoms with Crippen LogP contribution in [0.3, 0.4) is 0 Å². The van der Waals surface area contributed by atoms with Crippen LogP contribution in [0.25, 0.3) is 0 Å². The van der Waals surface area contributed by atoms with Gasteiger partial charge in [-0.25, -0.2) is 34.4 Å². The van der Waals surface area contributed by atoms with Crippen molar-refractivity contribution in [3.63, 3.8) is 0 Å². The number of allylic oxidation sites excluding steroid dienone is 1. The number of nitrogens with one attached hydrogen (secondary N) is 1. The number of hydrogen-bond acceptors (Lipinski definition) is 6. The number of nitrogens with zero attached hydrogens (tertiary/aromatic N) is 1. The van der Waals surface area contributed by atoms with Gasteiger partial charge < -0.3 is 10.2 Å². The smallest absolute Gasteiger partial charge is 0.192 e. The van der Waals surface area contributed by atoms with Crippen molar-refractivity contribution in [2.24, 2.45) is 5.41 Å². The molecule has 1 atom stereocenters. The van der Waals surface area contributed by atoms with E-state index in [4.69, 9.17) is 0 Å². The highest BCUT2D eigenvalue weighted by atomic mass is 79.9. The molecule has 4 rings (SSSR count). The van der Waals surface area contributed by atoms with Crippen molar-refractivity contribution in [2.75, 3.05) is 12.5 Å². The van der Waals surface area contributed by atoms with E-state index in [0.717, 1.165) is 36.8 Å². The molecule has 0 aromatic heterocycles. The number of alkyl halides is 1. The fourth-order valence-electron chi connectivity index (χ4n) is 4.84. The molecular formula is C23H21BrF4N2O4S2. The Balaban J connectivity index is 2.19. The molecule has 2 aliphatic rings. The average Bonchev–Trinajstić information content (AvgIpc) is 3.07. The van der Waals surface area contributed by atoms with Crippen LogP contribution in [0.15, 0.2) is 59.4 Å². The van der Waals surface area contributed by atoms with Gasteiger partial charge in [0.15, 0.2) is 34.0 Å². The van der Waals surface area contributed by atoms with Crippen LogP contribution in [0, 0.1) is 28.7 Å². The van der Waals surface area contributed by atoms with Crippen LogP contribution in [0.1, 0.15) is 25.0 Å². The van der Waals surface area contributed by atoms with Gasteiger partial charge in [-0.2, -0.15) is 0 Å². The fraction of sp³-hybridized carbons (Fsp3) is 0.304. The molecule has 0 saturated heterocycles. The Bertz CT molecular complexity index is 1480. The Morgan fingerprint density at radius 3 is 1.58 bits per heavy atom. The molecule has 0 fully saturated rings. The number of sulfone groups is 2. The first kappa shape index (κ1) is 26.7. The van der Waals surface area contributed by atoms with Crippen molar-refractivity contribution in [3.8, 4) is 0 Å². The third-order valence-electron chi connectivity index (χ3n) is 6.47. The van der Waals surface area contributed by atoms with Crippen molar-refractivity contribution >= 4 is 35.6 Å². The zero-order chi connectivity index (χ0) is 27.1. The van der Waals surface area contributed by atoms with Crippen molar-refractivity contribution in [1.29, 1.82) is 0 Å². The predicted octanol–water partition coefficient (Wildman–Crippen LogP) is 4.25. The average molecular weight is 609 g/mol. The van der Waals surface area contributed by atoms with Gasteiger partial charge in [-0.3, -0.25) is 0 Å². The molecule has 2 aromatic rings. The van der Waals surface area contributed by atoms with Gasteiger partial charge in [0.05, 0.1) is 5.70 Å². The van der Waals surface area contributed by atoms with E-state index in [2.05, 4.69) is 21.2 Å². The minimum atomic E-state index is -4.16. The monoisotopic (exact) mass is 608 g/mol. The van der Waals surface area contributed by atoms with Crippen LogP contribution < -0.4 is 5.32 Å². The standard InChI is InChI=1S/C23H21BrF4N2O4S2/c1-21(2)19-20(35(3,31)32)29-23(13-7-15(25)11-16(26)8-13,14-9-17(27)12-18(28)10-14)30(19)6-5-22(21,24)36(4,33)34/h5-12,29H,1-4H3. The molecule has 13 heteroatoms. The number of fused-ring (bicyclic) bond motifs is 1. The van der Waals surface area contributed by atoms with Gasteiger partial charge >= 0.3 is 0 Å². The van der Waals surface area contributed by atoms with Crippen LogP contribution in [0.5, 0.6) is 0 Å². The summed E-state index contributed by atoms with van der Waals surface area (Å²) >= 11 is 3.27. The highest BCUT2D eigenvalue weighted by molar-refractivity contribution is 9.11. The van der Waals surface area contributed by atoms with E-state index >= 15 is 0 Å². The lowest BCUT2D eigenvalue weighted by molar-refractivity contribution is 0.183. The fourth-order valence-corrected chi connectivity index (χ4v) is 7.52. The lowest BCUT2D eigenvalue weighted by Gasteiger charge is -2.50. The van der Waals surface area contributed by atoms with Crippen LogP contribution in [-0.4, -0.2) is 37.9 Å². The molecule has 0 bridgehead atoms. The van der Waals surface area contributed by atoms with E-state index in [9.17, 15) is 34.4 Å². The highest BCUT2D eigenvalue weighted by Gasteiger charge is 2.62. The van der Waals surface area contributed by atoms with Gasteiger partial charge in [-0.05, 0) is 30.3 Å². The Labute approximate surface area is 214 Å². The SMILES string of the molecule is CC1(C)C2=C(S(C)(=O)=O)NC(c3cc(F)cc(F)c3)(c3cc(F)cc(F)c3)N2C=CC1(Br)S(C)(=O)=O. The summed E-state index contributed by atoms with van der Waals surface area (Å²) in [6, 6.07) is 4.77. The van der Waals surface area contributed by atoms with E-state index < -0.39 is 62.7 Å². The maximum absolute atomic E-state index is 14.4. The van der Waals surface area contributed by atoms with Crippen molar-refractivity contribution in [1.82, 2.24) is 10.2 Å². The summed E-state index contributed by atoms with van der Waals surface area (Å²) in [5.74, 6) is -4.10. The molecule has 0 saturated carbocycles. The van der Waals surface area contributed by atoms with Gasteiger partial charge in [-0.1, -0.05) is 29.8 Å². The molecule has 36 heavy (non-hydrogen) atoms. The first-order valence-corrected chi connectivity index (χ1v) is 15.0. The summed E-state index contributed by atoms with van der Waals surface area (Å²) in [6.45, 7) is 2.94. The lowest BCUT2D eigenvalue weighted by atomic mass is 9.80. The maximum Gasteiger partial charge on any atom is 0.192 e. The van der Waals surface area contributed by atoms with Crippen molar-refractivity contribution in [2.45, 2.75) is 23.2 Å². The summed E-state index contributed by atoms with van der Waals surface area (Å²) < 4.78 is 108. The molecular weight excluding hydrogens is 588 g/mol.